The van der Waals surface area contributed by atoms with E-state index in [1.807, 2.05) is 0 Å². The van der Waals surface area contributed by atoms with Crippen molar-refractivity contribution in [2.45, 2.75) is 77.7 Å². The molecule has 0 aliphatic heterocycles. The molecule has 0 spiro atoms. The van der Waals surface area contributed by atoms with Crippen molar-refractivity contribution in [1.82, 2.24) is 5.32 Å². The molecule has 1 heteroatoms. The van der Waals surface area contributed by atoms with Gasteiger partial charge in [0, 0.05) is 6.04 Å². The van der Waals surface area contributed by atoms with Crippen LogP contribution in [0.1, 0.15) is 71.6 Å². The van der Waals surface area contributed by atoms with Gasteiger partial charge in [0.15, 0.2) is 0 Å². The summed E-state index contributed by atoms with van der Waals surface area (Å²) in [6.07, 6.45) is 12.7. The Morgan fingerprint density at radius 2 is 1.80 bits per heavy atom. The average Bonchev–Trinajstić information content (AvgIpc) is 2.25. The van der Waals surface area contributed by atoms with Gasteiger partial charge in [-0.25, -0.2) is 0 Å². The molecular weight excluding hydrogens is 182 g/mol. The van der Waals surface area contributed by atoms with Crippen molar-refractivity contribution in [3.63, 3.8) is 0 Å². The highest BCUT2D eigenvalue weighted by atomic mass is 14.9. The molecular formula is C14H29N. The first-order valence-corrected chi connectivity index (χ1v) is 6.90. The fourth-order valence-corrected chi connectivity index (χ4v) is 3.15. The van der Waals surface area contributed by atoms with E-state index in [-0.39, 0.29) is 0 Å². The lowest BCUT2D eigenvalue weighted by Crippen LogP contribution is -2.43. The van der Waals surface area contributed by atoms with Crippen LogP contribution in [0.4, 0.5) is 0 Å². The molecule has 1 nitrogen and oxygen atoms in total. The van der Waals surface area contributed by atoms with Gasteiger partial charge in [0.05, 0.1) is 0 Å². The van der Waals surface area contributed by atoms with E-state index in [0.29, 0.717) is 5.41 Å². The van der Waals surface area contributed by atoms with Crippen LogP contribution in [0.25, 0.3) is 0 Å². The van der Waals surface area contributed by atoms with Gasteiger partial charge in [-0.05, 0) is 31.7 Å². The van der Waals surface area contributed by atoms with E-state index in [0.717, 1.165) is 6.04 Å². The van der Waals surface area contributed by atoms with Crippen LogP contribution in [0.15, 0.2) is 0 Å². The van der Waals surface area contributed by atoms with Gasteiger partial charge < -0.3 is 5.32 Å². The van der Waals surface area contributed by atoms with Crippen LogP contribution >= 0.6 is 0 Å². The maximum atomic E-state index is 3.57. The Kier molecular flexibility index (Phi) is 5.66. The predicted molar refractivity (Wildman–Crippen MR) is 68.2 cm³/mol. The minimum Gasteiger partial charge on any atom is -0.316 e. The Hall–Kier alpha value is -0.0400. The van der Waals surface area contributed by atoms with Crippen molar-refractivity contribution in [1.29, 1.82) is 0 Å². The lowest BCUT2D eigenvalue weighted by molar-refractivity contribution is 0.141. The molecule has 1 N–H and O–H groups in total. The minimum absolute atomic E-state index is 0.584. The molecule has 1 rings (SSSR count). The molecule has 0 saturated heterocycles. The smallest absolute Gasteiger partial charge is 0.0118 e. The Morgan fingerprint density at radius 3 is 2.33 bits per heavy atom. The Morgan fingerprint density at radius 1 is 1.13 bits per heavy atom. The molecule has 0 amide bonds. The molecule has 0 heterocycles. The van der Waals surface area contributed by atoms with E-state index in [1.54, 1.807) is 0 Å². The summed E-state index contributed by atoms with van der Waals surface area (Å²) in [6.45, 7) is 4.79. The standard InChI is InChI=1S/C14H29N/c1-4-5-7-10-13(15-3)14(2)11-8-6-9-12-14/h13,15H,4-12H2,1-3H3. The van der Waals surface area contributed by atoms with Crippen LogP contribution in [0, 0.1) is 5.41 Å². The second-order valence-corrected chi connectivity index (χ2v) is 5.55. The van der Waals surface area contributed by atoms with Gasteiger partial charge in [-0.3, -0.25) is 0 Å². The summed E-state index contributed by atoms with van der Waals surface area (Å²) in [4.78, 5) is 0. The van der Waals surface area contributed by atoms with Crippen molar-refractivity contribution in [3.05, 3.63) is 0 Å². The summed E-state index contributed by atoms with van der Waals surface area (Å²) in [6, 6.07) is 0.754. The summed E-state index contributed by atoms with van der Waals surface area (Å²) in [7, 11) is 2.15. The van der Waals surface area contributed by atoms with Gasteiger partial charge >= 0.3 is 0 Å². The topological polar surface area (TPSA) is 12.0 Å². The van der Waals surface area contributed by atoms with E-state index in [2.05, 4.69) is 26.2 Å². The van der Waals surface area contributed by atoms with Gasteiger partial charge in [0.25, 0.3) is 0 Å². The van der Waals surface area contributed by atoms with Crippen LogP contribution in [-0.2, 0) is 0 Å². The molecule has 0 aromatic rings. The molecule has 1 saturated carbocycles. The highest BCUT2D eigenvalue weighted by Gasteiger charge is 2.33. The second kappa shape index (κ2) is 6.52. The number of unbranched alkanes of at least 4 members (excludes halogenated alkanes) is 2. The summed E-state index contributed by atoms with van der Waals surface area (Å²) in [5.74, 6) is 0. The highest BCUT2D eigenvalue weighted by Crippen LogP contribution is 2.40. The molecule has 1 atom stereocenters. The van der Waals surface area contributed by atoms with E-state index < -0.39 is 0 Å². The molecule has 90 valence electrons. The van der Waals surface area contributed by atoms with Gasteiger partial charge in [0.2, 0.25) is 0 Å². The van der Waals surface area contributed by atoms with Crippen LogP contribution < -0.4 is 5.32 Å². The fraction of sp³-hybridized carbons (Fsp3) is 1.00. The van der Waals surface area contributed by atoms with Crippen molar-refractivity contribution in [2.24, 2.45) is 5.41 Å². The summed E-state index contributed by atoms with van der Waals surface area (Å²) < 4.78 is 0. The Bertz CT molecular complexity index is 159. The molecule has 1 fully saturated rings. The molecule has 1 aliphatic carbocycles. The van der Waals surface area contributed by atoms with Gasteiger partial charge in [0.1, 0.15) is 0 Å². The number of rotatable bonds is 6. The normalized spacial score (nSPS) is 22.6. The maximum absolute atomic E-state index is 3.57. The number of hydrogen-bond donors (Lipinski definition) is 1. The van der Waals surface area contributed by atoms with Gasteiger partial charge in [-0.2, -0.15) is 0 Å². The molecule has 1 unspecified atom stereocenters. The molecule has 1 aliphatic rings. The van der Waals surface area contributed by atoms with Gasteiger partial charge in [-0.1, -0.05) is 52.4 Å². The van der Waals surface area contributed by atoms with Crippen LogP contribution in [0.3, 0.4) is 0 Å². The highest BCUT2D eigenvalue weighted by molar-refractivity contribution is 4.89. The zero-order chi connectivity index (χ0) is 11.1. The lowest BCUT2D eigenvalue weighted by Gasteiger charge is -2.41. The van der Waals surface area contributed by atoms with Crippen molar-refractivity contribution in [3.8, 4) is 0 Å². The fourth-order valence-electron chi connectivity index (χ4n) is 3.15. The zero-order valence-corrected chi connectivity index (χ0v) is 10.9. The number of hydrogen-bond acceptors (Lipinski definition) is 1. The summed E-state index contributed by atoms with van der Waals surface area (Å²) in [5.41, 5.74) is 0.584. The minimum atomic E-state index is 0.584. The van der Waals surface area contributed by atoms with Crippen LogP contribution in [0.2, 0.25) is 0 Å². The van der Waals surface area contributed by atoms with Crippen molar-refractivity contribution >= 4 is 0 Å². The first-order valence-electron chi connectivity index (χ1n) is 6.90. The third-order valence-corrected chi connectivity index (χ3v) is 4.28. The van der Waals surface area contributed by atoms with E-state index in [9.17, 15) is 0 Å². The first kappa shape index (κ1) is 13.0. The SMILES string of the molecule is CCCCCC(NC)C1(C)CCCCC1. The number of nitrogens with one attached hydrogen (secondary N) is 1. The summed E-state index contributed by atoms with van der Waals surface area (Å²) in [5, 5.41) is 3.57. The lowest BCUT2D eigenvalue weighted by atomic mass is 9.69. The van der Waals surface area contributed by atoms with Crippen molar-refractivity contribution < 1.29 is 0 Å². The largest absolute Gasteiger partial charge is 0.316 e. The second-order valence-electron chi connectivity index (χ2n) is 5.55. The zero-order valence-electron chi connectivity index (χ0n) is 10.9. The maximum Gasteiger partial charge on any atom is 0.0118 e. The molecule has 0 radical (unpaired) electrons. The predicted octanol–water partition coefficient (Wildman–Crippen LogP) is 4.13. The monoisotopic (exact) mass is 211 g/mol. The van der Waals surface area contributed by atoms with E-state index >= 15 is 0 Å². The first-order chi connectivity index (χ1) is 7.23. The van der Waals surface area contributed by atoms with Crippen LogP contribution in [-0.4, -0.2) is 13.1 Å². The third kappa shape index (κ3) is 3.79. The van der Waals surface area contributed by atoms with Crippen LogP contribution in [0.5, 0.6) is 0 Å². The Labute approximate surface area is 96.0 Å². The van der Waals surface area contributed by atoms with E-state index in [1.165, 1.54) is 57.8 Å². The average molecular weight is 211 g/mol. The molecule has 0 bridgehead atoms. The quantitative estimate of drug-likeness (QED) is 0.652. The third-order valence-electron chi connectivity index (χ3n) is 4.28. The van der Waals surface area contributed by atoms with Gasteiger partial charge in [-0.15, -0.1) is 0 Å². The Balaban J connectivity index is 2.40. The molecule has 15 heavy (non-hydrogen) atoms. The molecule has 0 aromatic heterocycles. The summed E-state index contributed by atoms with van der Waals surface area (Å²) >= 11 is 0. The molecule has 0 aromatic carbocycles. The van der Waals surface area contributed by atoms with Crippen molar-refractivity contribution in [2.75, 3.05) is 7.05 Å². The van der Waals surface area contributed by atoms with E-state index in [4.69, 9.17) is 0 Å².